The van der Waals surface area contributed by atoms with Crippen LogP contribution in [0.15, 0.2) is 24.3 Å². The molecule has 0 radical (unpaired) electrons. The molecule has 0 atom stereocenters. The van der Waals surface area contributed by atoms with E-state index in [2.05, 4.69) is 50.1 Å². The average molecular weight is 260 g/mol. The van der Waals surface area contributed by atoms with Crippen molar-refractivity contribution in [2.24, 2.45) is 11.7 Å². The number of nitrogens with zero attached hydrogens (tertiary/aromatic N) is 1. The first-order valence-electron chi connectivity index (χ1n) is 7.63. The van der Waals surface area contributed by atoms with Crippen LogP contribution in [0.4, 0.5) is 5.69 Å². The second-order valence-corrected chi connectivity index (χ2v) is 6.41. The smallest absolute Gasteiger partial charge is 0.0363 e. The lowest BCUT2D eigenvalue weighted by molar-refractivity contribution is 0.330. The fourth-order valence-electron chi connectivity index (χ4n) is 2.98. The van der Waals surface area contributed by atoms with Crippen molar-refractivity contribution in [3.8, 4) is 0 Å². The Hall–Kier alpha value is -1.02. The van der Waals surface area contributed by atoms with E-state index >= 15 is 0 Å². The summed E-state index contributed by atoms with van der Waals surface area (Å²) in [6, 6.07) is 9.47. The molecule has 0 aromatic heterocycles. The van der Waals surface area contributed by atoms with Crippen LogP contribution in [0.5, 0.6) is 0 Å². The fourth-order valence-corrected chi connectivity index (χ4v) is 2.98. The van der Waals surface area contributed by atoms with Gasteiger partial charge in [0.05, 0.1) is 0 Å². The van der Waals surface area contributed by atoms with E-state index in [1.54, 1.807) is 0 Å². The predicted molar refractivity (Wildman–Crippen MR) is 83.7 cm³/mol. The van der Waals surface area contributed by atoms with E-state index in [0.717, 1.165) is 12.5 Å². The van der Waals surface area contributed by atoms with E-state index in [4.69, 9.17) is 5.73 Å². The molecule has 0 amide bonds. The van der Waals surface area contributed by atoms with Gasteiger partial charge in [0, 0.05) is 25.3 Å². The Bertz CT molecular complexity index is 375. The molecule has 0 aliphatic heterocycles. The van der Waals surface area contributed by atoms with Crippen LogP contribution in [0.1, 0.15) is 51.0 Å². The van der Waals surface area contributed by atoms with Crippen LogP contribution in [-0.2, 0) is 0 Å². The summed E-state index contributed by atoms with van der Waals surface area (Å²) < 4.78 is 0. The molecular formula is C17H28N2. The van der Waals surface area contributed by atoms with E-state index in [0.29, 0.717) is 12.0 Å². The zero-order valence-corrected chi connectivity index (χ0v) is 12.6. The largest absolute Gasteiger partial charge is 0.374 e. The molecule has 1 aliphatic carbocycles. The molecule has 2 N–H and O–H groups in total. The molecule has 2 heteroatoms. The van der Waals surface area contributed by atoms with Crippen LogP contribution in [0.25, 0.3) is 0 Å². The van der Waals surface area contributed by atoms with Gasteiger partial charge in [-0.3, -0.25) is 0 Å². The van der Waals surface area contributed by atoms with Crippen molar-refractivity contribution in [1.82, 2.24) is 0 Å². The van der Waals surface area contributed by atoms with Gasteiger partial charge in [-0.1, -0.05) is 26.0 Å². The maximum atomic E-state index is 5.97. The highest BCUT2D eigenvalue weighted by Crippen LogP contribution is 2.26. The van der Waals surface area contributed by atoms with E-state index in [9.17, 15) is 0 Å². The van der Waals surface area contributed by atoms with E-state index in [-0.39, 0.29) is 0 Å². The van der Waals surface area contributed by atoms with Crippen LogP contribution in [0.3, 0.4) is 0 Å². The number of anilines is 1. The summed E-state index contributed by atoms with van der Waals surface area (Å²) in [5.41, 5.74) is 8.72. The third-order valence-corrected chi connectivity index (χ3v) is 4.42. The van der Waals surface area contributed by atoms with Crippen molar-refractivity contribution < 1.29 is 0 Å². The minimum absolute atomic E-state index is 0.451. The maximum absolute atomic E-state index is 5.97. The third-order valence-electron chi connectivity index (χ3n) is 4.42. The Morgan fingerprint density at radius 2 is 1.68 bits per heavy atom. The summed E-state index contributed by atoms with van der Waals surface area (Å²) in [5.74, 6) is 1.42. The summed E-state index contributed by atoms with van der Waals surface area (Å²) in [7, 11) is 2.21. The zero-order valence-electron chi connectivity index (χ0n) is 12.6. The molecule has 1 aromatic carbocycles. The maximum Gasteiger partial charge on any atom is 0.0363 e. The lowest BCUT2D eigenvalue weighted by Gasteiger charge is -2.30. The van der Waals surface area contributed by atoms with Gasteiger partial charge in [-0.2, -0.15) is 0 Å². The molecule has 1 aromatic rings. The van der Waals surface area contributed by atoms with Crippen LogP contribution in [0, 0.1) is 5.92 Å². The van der Waals surface area contributed by atoms with Crippen molar-refractivity contribution >= 4 is 5.69 Å². The minimum Gasteiger partial charge on any atom is -0.374 e. The second kappa shape index (κ2) is 6.42. The standard InChI is InChI=1S/C17H28N2/c1-13(2)15-6-10-17(11-7-15)19(3)12-14-4-8-16(18)9-5-14/h6-7,10-11,13-14,16H,4-5,8-9,12,18H2,1-3H3. The summed E-state index contributed by atoms with van der Waals surface area (Å²) in [5, 5.41) is 0. The Balaban J connectivity index is 1.90. The number of hydrogen-bond acceptors (Lipinski definition) is 2. The van der Waals surface area contributed by atoms with Crippen molar-refractivity contribution in [3.05, 3.63) is 29.8 Å². The second-order valence-electron chi connectivity index (χ2n) is 6.41. The number of rotatable bonds is 4. The van der Waals surface area contributed by atoms with Crippen molar-refractivity contribution in [2.75, 3.05) is 18.5 Å². The molecule has 0 saturated heterocycles. The highest BCUT2D eigenvalue weighted by atomic mass is 15.1. The fraction of sp³-hybridized carbons (Fsp3) is 0.647. The van der Waals surface area contributed by atoms with Gasteiger partial charge in [0.15, 0.2) is 0 Å². The molecule has 0 unspecified atom stereocenters. The van der Waals surface area contributed by atoms with E-state index in [1.807, 2.05) is 0 Å². The monoisotopic (exact) mass is 260 g/mol. The number of nitrogens with two attached hydrogens (primary N) is 1. The van der Waals surface area contributed by atoms with Gasteiger partial charge in [-0.15, -0.1) is 0 Å². The van der Waals surface area contributed by atoms with Gasteiger partial charge < -0.3 is 10.6 Å². The highest BCUT2D eigenvalue weighted by molar-refractivity contribution is 5.47. The molecule has 0 heterocycles. The SMILES string of the molecule is CC(C)c1ccc(N(C)CC2CCC(N)CC2)cc1. The lowest BCUT2D eigenvalue weighted by atomic mass is 9.86. The first-order chi connectivity index (χ1) is 9.06. The molecule has 0 spiro atoms. The molecule has 0 bridgehead atoms. The summed E-state index contributed by atoms with van der Waals surface area (Å²) >= 11 is 0. The molecule has 2 rings (SSSR count). The lowest BCUT2D eigenvalue weighted by Crippen LogP contribution is -2.32. The van der Waals surface area contributed by atoms with Gasteiger partial charge in [-0.05, 0) is 55.2 Å². The van der Waals surface area contributed by atoms with Gasteiger partial charge in [-0.25, -0.2) is 0 Å². The Morgan fingerprint density at radius 3 is 2.21 bits per heavy atom. The Kier molecular flexibility index (Phi) is 4.87. The van der Waals surface area contributed by atoms with Crippen molar-refractivity contribution in [3.63, 3.8) is 0 Å². The highest BCUT2D eigenvalue weighted by Gasteiger charge is 2.19. The average Bonchev–Trinajstić information content (AvgIpc) is 2.41. The summed E-state index contributed by atoms with van der Waals surface area (Å²) in [4.78, 5) is 2.39. The molecule has 19 heavy (non-hydrogen) atoms. The molecule has 1 fully saturated rings. The quantitative estimate of drug-likeness (QED) is 0.893. The predicted octanol–water partition coefficient (Wildman–Crippen LogP) is 3.76. The Morgan fingerprint density at radius 1 is 1.11 bits per heavy atom. The third kappa shape index (κ3) is 3.97. The van der Waals surface area contributed by atoms with Gasteiger partial charge >= 0.3 is 0 Å². The molecule has 1 aliphatic rings. The van der Waals surface area contributed by atoms with Crippen molar-refractivity contribution in [1.29, 1.82) is 0 Å². The van der Waals surface area contributed by atoms with Crippen LogP contribution < -0.4 is 10.6 Å². The summed E-state index contributed by atoms with van der Waals surface area (Å²) in [6.07, 6.45) is 4.97. The van der Waals surface area contributed by atoms with E-state index in [1.165, 1.54) is 36.9 Å². The molecular weight excluding hydrogens is 232 g/mol. The Labute approximate surface area is 118 Å². The van der Waals surface area contributed by atoms with Crippen LogP contribution in [0.2, 0.25) is 0 Å². The van der Waals surface area contributed by atoms with Gasteiger partial charge in [0.2, 0.25) is 0 Å². The van der Waals surface area contributed by atoms with Crippen LogP contribution >= 0.6 is 0 Å². The van der Waals surface area contributed by atoms with Crippen molar-refractivity contribution in [2.45, 2.75) is 51.5 Å². The summed E-state index contributed by atoms with van der Waals surface area (Å²) in [6.45, 7) is 5.64. The number of benzene rings is 1. The topological polar surface area (TPSA) is 29.3 Å². The molecule has 2 nitrogen and oxygen atoms in total. The van der Waals surface area contributed by atoms with Gasteiger partial charge in [0.1, 0.15) is 0 Å². The minimum atomic E-state index is 0.451. The first kappa shape index (κ1) is 14.4. The zero-order chi connectivity index (χ0) is 13.8. The van der Waals surface area contributed by atoms with E-state index < -0.39 is 0 Å². The first-order valence-corrected chi connectivity index (χ1v) is 7.63. The normalized spacial score (nSPS) is 23.6. The molecule has 106 valence electrons. The van der Waals surface area contributed by atoms with Crippen LogP contribution in [-0.4, -0.2) is 19.6 Å². The number of hydrogen-bond donors (Lipinski definition) is 1. The molecule has 1 saturated carbocycles. The van der Waals surface area contributed by atoms with Gasteiger partial charge in [0.25, 0.3) is 0 Å².